The lowest BCUT2D eigenvalue weighted by molar-refractivity contribution is 0.146. The summed E-state index contributed by atoms with van der Waals surface area (Å²) in [5.74, 6) is 0. The predicted molar refractivity (Wildman–Crippen MR) is 30.4 cm³/mol. The summed E-state index contributed by atoms with van der Waals surface area (Å²) in [6.45, 7) is 4.60. The lowest BCUT2D eigenvalue weighted by Crippen LogP contribution is -1.81. The van der Waals surface area contributed by atoms with Crippen molar-refractivity contribution in [1.82, 2.24) is 0 Å². The number of nitrogens with zero attached hydrogens (tertiary/aromatic N) is 1. The first-order valence-corrected chi connectivity index (χ1v) is 2.51. The third kappa shape index (κ3) is 5.47. The fraction of sp³-hybridized carbons (Fsp3) is 0.800. The van der Waals surface area contributed by atoms with Crippen molar-refractivity contribution in [3.05, 3.63) is 0 Å². The Hall–Kier alpha value is -0.530. The van der Waals surface area contributed by atoms with Crippen molar-refractivity contribution in [2.24, 2.45) is 5.16 Å². The molecule has 0 radical (unpaired) electrons. The minimum absolute atomic E-state index is 0.727. The van der Waals surface area contributed by atoms with Gasteiger partial charge < -0.3 is 4.84 Å². The zero-order chi connectivity index (χ0) is 5.54. The van der Waals surface area contributed by atoms with E-state index in [0.29, 0.717) is 0 Å². The molecule has 0 unspecified atom stereocenters. The molecule has 0 aliphatic rings. The second kappa shape index (κ2) is 5.47. The molecule has 42 valence electrons. The van der Waals surface area contributed by atoms with E-state index in [9.17, 15) is 0 Å². The van der Waals surface area contributed by atoms with Gasteiger partial charge in [-0.25, -0.2) is 0 Å². The summed E-state index contributed by atoms with van der Waals surface area (Å²) in [5.41, 5.74) is 0. The molecule has 0 bridgehead atoms. The first-order chi connectivity index (χ1) is 3.41. The monoisotopic (exact) mass is 101 g/mol. The molecule has 2 nitrogen and oxygen atoms in total. The molecule has 7 heavy (non-hydrogen) atoms. The third-order valence-corrected chi connectivity index (χ3v) is 0.475. The molecule has 0 N–H and O–H groups in total. The van der Waals surface area contributed by atoms with Crippen molar-refractivity contribution >= 4 is 6.21 Å². The molecule has 0 saturated carbocycles. The smallest absolute Gasteiger partial charge is 0.116 e. The van der Waals surface area contributed by atoms with Crippen molar-refractivity contribution in [2.45, 2.75) is 20.3 Å². The number of rotatable bonds is 3. The van der Waals surface area contributed by atoms with Crippen molar-refractivity contribution < 1.29 is 4.84 Å². The van der Waals surface area contributed by atoms with Crippen molar-refractivity contribution in [3.63, 3.8) is 0 Å². The molecule has 0 fully saturated rings. The maximum atomic E-state index is 4.70. The summed E-state index contributed by atoms with van der Waals surface area (Å²) >= 11 is 0. The topological polar surface area (TPSA) is 21.6 Å². The van der Waals surface area contributed by atoms with Crippen molar-refractivity contribution in [3.8, 4) is 0 Å². The number of hydrogen-bond acceptors (Lipinski definition) is 2. The van der Waals surface area contributed by atoms with Crippen LogP contribution in [0.1, 0.15) is 20.3 Å². The normalized spacial score (nSPS) is 10.0. The zero-order valence-electron chi connectivity index (χ0n) is 4.85. The van der Waals surface area contributed by atoms with Crippen LogP contribution in [0.3, 0.4) is 0 Å². The first kappa shape index (κ1) is 6.47. The maximum absolute atomic E-state index is 4.70. The number of hydrogen-bond donors (Lipinski definition) is 0. The second-order valence-electron chi connectivity index (χ2n) is 1.20. The summed E-state index contributed by atoms with van der Waals surface area (Å²) in [6, 6.07) is 0. The van der Waals surface area contributed by atoms with Crippen LogP contribution in [-0.2, 0) is 4.84 Å². The molecular formula is C5H11NO. The van der Waals surface area contributed by atoms with Gasteiger partial charge in [0.2, 0.25) is 0 Å². The van der Waals surface area contributed by atoms with Gasteiger partial charge in [0, 0.05) is 6.21 Å². The Balaban J connectivity index is 2.69. The molecule has 0 spiro atoms. The maximum Gasteiger partial charge on any atom is 0.116 e. The van der Waals surface area contributed by atoms with Gasteiger partial charge in [-0.15, -0.1) is 0 Å². The Labute approximate surface area is 44.2 Å². The Kier molecular flexibility index (Phi) is 5.06. The average Bonchev–Trinajstić information content (AvgIpc) is 1.69. The van der Waals surface area contributed by atoms with Crippen LogP contribution in [0, 0.1) is 0 Å². The van der Waals surface area contributed by atoms with E-state index in [1.165, 1.54) is 0 Å². The van der Waals surface area contributed by atoms with Crippen LogP contribution in [0.2, 0.25) is 0 Å². The molecule has 0 rings (SSSR count). The Morgan fingerprint density at radius 3 is 2.86 bits per heavy atom. The first-order valence-electron chi connectivity index (χ1n) is 2.51. The molecule has 0 amide bonds. The van der Waals surface area contributed by atoms with E-state index < -0.39 is 0 Å². The molecule has 0 heterocycles. The quantitative estimate of drug-likeness (QED) is 0.299. The van der Waals surface area contributed by atoms with Crippen LogP contribution < -0.4 is 0 Å². The third-order valence-electron chi connectivity index (χ3n) is 0.475. The van der Waals surface area contributed by atoms with E-state index in [-0.39, 0.29) is 0 Å². The molecule has 0 aromatic carbocycles. The van der Waals surface area contributed by atoms with Gasteiger partial charge in [-0.1, -0.05) is 12.1 Å². The Morgan fingerprint density at radius 1 is 1.71 bits per heavy atom. The molecule has 0 aromatic heterocycles. The fourth-order valence-corrected chi connectivity index (χ4v) is 0.219. The van der Waals surface area contributed by atoms with Crippen molar-refractivity contribution in [2.75, 3.05) is 6.61 Å². The standard InChI is InChI=1S/C5H11NO/c1-3-5-7-6-4-2/h4H,3,5H2,1-2H3/b6-4-. The SMILES string of the molecule is C/C=N\OCCC. The lowest BCUT2D eigenvalue weighted by Gasteiger charge is -1.89. The van der Waals surface area contributed by atoms with E-state index >= 15 is 0 Å². The fourth-order valence-electron chi connectivity index (χ4n) is 0.219. The van der Waals surface area contributed by atoms with Crippen LogP contribution in [0.5, 0.6) is 0 Å². The highest BCUT2D eigenvalue weighted by Gasteiger charge is 1.71. The Morgan fingerprint density at radius 2 is 2.43 bits per heavy atom. The van der Waals surface area contributed by atoms with Gasteiger partial charge in [0.1, 0.15) is 6.61 Å². The molecule has 0 aliphatic carbocycles. The van der Waals surface area contributed by atoms with E-state index in [2.05, 4.69) is 5.16 Å². The van der Waals surface area contributed by atoms with Gasteiger partial charge in [0.25, 0.3) is 0 Å². The average molecular weight is 101 g/mol. The van der Waals surface area contributed by atoms with Gasteiger partial charge >= 0.3 is 0 Å². The van der Waals surface area contributed by atoms with E-state index in [0.717, 1.165) is 13.0 Å². The summed E-state index contributed by atoms with van der Waals surface area (Å²) < 4.78 is 0. The van der Waals surface area contributed by atoms with Gasteiger partial charge in [0.15, 0.2) is 0 Å². The largest absolute Gasteiger partial charge is 0.396 e. The molecule has 0 aliphatic heterocycles. The lowest BCUT2D eigenvalue weighted by atomic mass is 10.5. The van der Waals surface area contributed by atoms with E-state index in [4.69, 9.17) is 4.84 Å². The molecule has 0 saturated heterocycles. The van der Waals surface area contributed by atoms with Crippen LogP contribution in [0.25, 0.3) is 0 Å². The molecule has 2 heteroatoms. The van der Waals surface area contributed by atoms with E-state index in [1.54, 1.807) is 6.21 Å². The van der Waals surface area contributed by atoms with Crippen LogP contribution in [0.15, 0.2) is 5.16 Å². The number of oxime groups is 1. The van der Waals surface area contributed by atoms with Gasteiger partial charge in [-0.05, 0) is 13.3 Å². The molecular weight excluding hydrogens is 90.1 g/mol. The van der Waals surface area contributed by atoms with Crippen molar-refractivity contribution in [1.29, 1.82) is 0 Å². The zero-order valence-corrected chi connectivity index (χ0v) is 4.85. The minimum atomic E-state index is 0.727. The molecule has 0 aromatic rings. The summed E-state index contributed by atoms with van der Waals surface area (Å²) in [5, 5.41) is 3.54. The summed E-state index contributed by atoms with van der Waals surface area (Å²) in [4.78, 5) is 4.70. The van der Waals surface area contributed by atoms with E-state index in [1.807, 2.05) is 13.8 Å². The highest BCUT2D eigenvalue weighted by Crippen LogP contribution is 1.77. The van der Waals surface area contributed by atoms with Gasteiger partial charge in [0.05, 0.1) is 0 Å². The minimum Gasteiger partial charge on any atom is -0.396 e. The van der Waals surface area contributed by atoms with Gasteiger partial charge in [-0.3, -0.25) is 0 Å². The van der Waals surface area contributed by atoms with Crippen LogP contribution in [0.4, 0.5) is 0 Å². The summed E-state index contributed by atoms with van der Waals surface area (Å²) in [7, 11) is 0. The highest BCUT2D eigenvalue weighted by molar-refractivity contribution is 5.52. The second-order valence-corrected chi connectivity index (χ2v) is 1.20. The van der Waals surface area contributed by atoms with Crippen LogP contribution in [-0.4, -0.2) is 12.8 Å². The predicted octanol–water partition coefficient (Wildman–Crippen LogP) is 1.42. The molecule has 0 atom stereocenters. The van der Waals surface area contributed by atoms with Gasteiger partial charge in [-0.2, -0.15) is 0 Å². The van der Waals surface area contributed by atoms with Crippen LogP contribution >= 0.6 is 0 Å². The summed E-state index contributed by atoms with van der Waals surface area (Å²) in [6.07, 6.45) is 2.66. The Bertz CT molecular complexity index is 52.0. The highest BCUT2D eigenvalue weighted by atomic mass is 16.6.